The van der Waals surface area contributed by atoms with E-state index in [9.17, 15) is 0 Å². The molecule has 2 nitrogen and oxygen atoms in total. The summed E-state index contributed by atoms with van der Waals surface area (Å²) in [7, 11) is 1.83. The van der Waals surface area contributed by atoms with Gasteiger partial charge in [-0.1, -0.05) is 46.0 Å². The molecule has 2 heteroatoms. The molecule has 1 rings (SSSR count). The largest absolute Gasteiger partial charge is 0.379 e. The maximum absolute atomic E-state index is 5.59. The van der Waals surface area contributed by atoms with Gasteiger partial charge in [0.15, 0.2) is 0 Å². The Bertz CT molecular complexity index is 256. The lowest BCUT2D eigenvalue weighted by Gasteiger charge is -2.36. The van der Waals surface area contributed by atoms with E-state index >= 15 is 0 Å². The Morgan fingerprint density at radius 1 is 1.14 bits per heavy atom. The minimum Gasteiger partial charge on any atom is -0.379 e. The van der Waals surface area contributed by atoms with Crippen molar-refractivity contribution in [3.8, 4) is 0 Å². The highest BCUT2D eigenvalue weighted by Crippen LogP contribution is 2.35. The molecule has 1 saturated carbocycles. The van der Waals surface area contributed by atoms with Gasteiger partial charge in [0.05, 0.1) is 5.60 Å². The molecule has 0 bridgehead atoms. The molecule has 1 N–H and O–H groups in total. The average Bonchev–Trinajstić information content (AvgIpc) is 2.50. The van der Waals surface area contributed by atoms with Crippen molar-refractivity contribution < 1.29 is 4.74 Å². The molecule has 21 heavy (non-hydrogen) atoms. The lowest BCUT2D eigenvalue weighted by Crippen LogP contribution is -2.39. The molecule has 0 saturated heterocycles. The van der Waals surface area contributed by atoms with Gasteiger partial charge in [0.2, 0.25) is 0 Å². The van der Waals surface area contributed by atoms with Crippen molar-refractivity contribution in [1.82, 2.24) is 5.32 Å². The molecule has 1 atom stereocenters. The molecule has 126 valence electrons. The molecule has 1 unspecified atom stereocenters. The Kier molecular flexibility index (Phi) is 8.89. The van der Waals surface area contributed by atoms with Gasteiger partial charge < -0.3 is 10.1 Å². The topological polar surface area (TPSA) is 21.3 Å². The fraction of sp³-hybridized carbons (Fsp3) is 1.00. The molecule has 0 aliphatic heterocycles. The maximum Gasteiger partial charge on any atom is 0.0623 e. The highest BCUT2D eigenvalue weighted by atomic mass is 16.5. The third-order valence-corrected chi connectivity index (χ3v) is 5.50. The first-order valence-corrected chi connectivity index (χ1v) is 9.31. The van der Waals surface area contributed by atoms with Gasteiger partial charge in [0, 0.05) is 13.2 Å². The van der Waals surface area contributed by atoms with Crippen molar-refractivity contribution in [3.05, 3.63) is 0 Å². The number of methoxy groups -OCH3 is 1. The van der Waals surface area contributed by atoms with Crippen LogP contribution in [0, 0.1) is 11.8 Å². The lowest BCUT2D eigenvalue weighted by atomic mass is 9.75. The van der Waals surface area contributed by atoms with Crippen LogP contribution in [0.15, 0.2) is 0 Å². The summed E-state index contributed by atoms with van der Waals surface area (Å²) in [6.07, 6.45) is 12.4. The first-order valence-electron chi connectivity index (χ1n) is 9.31. The quantitative estimate of drug-likeness (QED) is 0.601. The molecule has 0 heterocycles. The molecule has 0 aromatic carbocycles. The van der Waals surface area contributed by atoms with Crippen molar-refractivity contribution >= 4 is 0 Å². The van der Waals surface area contributed by atoms with Crippen LogP contribution in [-0.4, -0.2) is 25.3 Å². The second-order valence-corrected chi connectivity index (χ2v) is 7.59. The van der Waals surface area contributed by atoms with Crippen molar-refractivity contribution in [2.75, 3.05) is 13.7 Å². The summed E-state index contributed by atoms with van der Waals surface area (Å²) in [6, 6.07) is 0.691. The van der Waals surface area contributed by atoms with Gasteiger partial charge in [-0.25, -0.2) is 0 Å². The fourth-order valence-electron chi connectivity index (χ4n) is 3.74. The summed E-state index contributed by atoms with van der Waals surface area (Å²) in [5.74, 6) is 1.90. The number of rotatable bonds is 10. The van der Waals surface area contributed by atoms with Crippen molar-refractivity contribution in [1.29, 1.82) is 0 Å². The Morgan fingerprint density at radius 3 is 2.33 bits per heavy atom. The number of hydrogen-bond acceptors (Lipinski definition) is 2. The van der Waals surface area contributed by atoms with E-state index in [-0.39, 0.29) is 5.60 Å². The van der Waals surface area contributed by atoms with E-state index in [1.54, 1.807) is 0 Å². The minimum atomic E-state index is 0.0198. The normalized spacial score (nSPS) is 25.0. The third-order valence-electron chi connectivity index (χ3n) is 5.50. The standard InChI is InChI=1S/C19H39NO/c1-6-8-9-16-10-12-17(13-11-16)18(20-7-2)14-15-19(3,4)21-5/h16-18,20H,6-15H2,1-5H3. The second-order valence-electron chi connectivity index (χ2n) is 7.59. The summed E-state index contributed by atoms with van der Waals surface area (Å²) in [5, 5.41) is 3.75. The van der Waals surface area contributed by atoms with E-state index in [0.29, 0.717) is 6.04 Å². The zero-order chi connectivity index (χ0) is 15.7. The summed E-state index contributed by atoms with van der Waals surface area (Å²) in [4.78, 5) is 0. The average molecular weight is 298 g/mol. The highest BCUT2D eigenvalue weighted by molar-refractivity contribution is 4.84. The number of nitrogens with one attached hydrogen (secondary N) is 1. The molecule has 1 fully saturated rings. The lowest BCUT2D eigenvalue weighted by molar-refractivity contribution is 0.00926. The van der Waals surface area contributed by atoms with Crippen molar-refractivity contribution in [3.63, 3.8) is 0 Å². The van der Waals surface area contributed by atoms with E-state index in [1.807, 2.05) is 7.11 Å². The third kappa shape index (κ3) is 7.15. The second kappa shape index (κ2) is 9.84. The van der Waals surface area contributed by atoms with Crippen LogP contribution in [0.4, 0.5) is 0 Å². The van der Waals surface area contributed by atoms with Crippen LogP contribution < -0.4 is 5.32 Å². The van der Waals surface area contributed by atoms with E-state index in [1.165, 1.54) is 51.4 Å². The van der Waals surface area contributed by atoms with Gasteiger partial charge in [-0.15, -0.1) is 0 Å². The predicted molar refractivity (Wildman–Crippen MR) is 92.8 cm³/mol. The molecule has 0 aromatic heterocycles. The van der Waals surface area contributed by atoms with Crippen molar-refractivity contribution in [2.45, 2.75) is 97.1 Å². The minimum absolute atomic E-state index is 0.0198. The molecule has 0 radical (unpaired) electrons. The monoisotopic (exact) mass is 297 g/mol. The molecule has 0 aromatic rings. The Hall–Kier alpha value is -0.0800. The molecule has 1 aliphatic carbocycles. The molecular formula is C19H39NO. The Labute approximate surface area is 133 Å². The van der Waals surface area contributed by atoms with E-state index in [0.717, 1.165) is 24.8 Å². The number of hydrogen-bond donors (Lipinski definition) is 1. The van der Waals surface area contributed by atoms with Crippen LogP contribution in [0.2, 0.25) is 0 Å². The smallest absolute Gasteiger partial charge is 0.0623 e. The van der Waals surface area contributed by atoms with Gasteiger partial charge in [-0.2, -0.15) is 0 Å². The molecule has 1 aliphatic rings. The zero-order valence-corrected chi connectivity index (χ0v) is 15.2. The van der Waals surface area contributed by atoms with Crippen LogP contribution in [0.25, 0.3) is 0 Å². The predicted octanol–water partition coefficient (Wildman–Crippen LogP) is 5.17. The van der Waals surface area contributed by atoms with E-state index in [4.69, 9.17) is 4.74 Å². The molecule has 0 spiro atoms. The highest BCUT2D eigenvalue weighted by Gasteiger charge is 2.28. The SMILES string of the molecule is CCCCC1CCC(C(CCC(C)(C)OC)NCC)CC1. The van der Waals surface area contributed by atoms with Crippen molar-refractivity contribution in [2.24, 2.45) is 11.8 Å². The van der Waals surface area contributed by atoms with Crippen LogP contribution in [0.1, 0.15) is 85.5 Å². The van der Waals surface area contributed by atoms with Crippen LogP contribution in [0.3, 0.4) is 0 Å². The first-order chi connectivity index (χ1) is 10.0. The van der Waals surface area contributed by atoms with E-state index < -0.39 is 0 Å². The van der Waals surface area contributed by atoms with Crippen LogP contribution in [0.5, 0.6) is 0 Å². The van der Waals surface area contributed by atoms with Crippen LogP contribution >= 0.6 is 0 Å². The van der Waals surface area contributed by atoms with Gasteiger partial charge in [0.1, 0.15) is 0 Å². The molecule has 0 amide bonds. The fourth-order valence-corrected chi connectivity index (χ4v) is 3.74. The van der Waals surface area contributed by atoms with Crippen LogP contribution in [-0.2, 0) is 4.74 Å². The maximum atomic E-state index is 5.59. The summed E-state index contributed by atoms with van der Waals surface area (Å²) in [6.45, 7) is 10.1. The van der Waals surface area contributed by atoms with Gasteiger partial charge in [0.25, 0.3) is 0 Å². The summed E-state index contributed by atoms with van der Waals surface area (Å²) < 4.78 is 5.59. The number of unbranched alkanes of at least 4 members (excludes halogenated alkanes) is 1. The van der Waals surface area contributed by atoms with Gasteiger partial charge in [-0.05, 0) is 57.9 Å². The Morgan fingerprint density at radius 2 is 1.81 bits per heavy atom. The Balaban J connectivity index is 2.39. The van der Waals surface area contributed by atoms with Gasteiger partial charge in [-0.3, -0.25) is 0 Å². The number of ether oxygens (including phenoxy) is 1. The van der Waals surface area contributed by atoms with E-state index in [2.05, 4.69) is 33.0 Å². The van der Waals surface area contributed by atoms with Gasteiger partial charge >= 0.3 is 0 Å². The first kappa shape index (κ1) is 19.0. The molecular weight excluding hydrogens is 258 g/mol. The zero-order valence-electron chi connectivity index (χ0n) is 15.2. The summed E-state index contributed by atoms with van der Waals surface area (Å²) >= 11 is 0. The summed E-state index contributed by atoms with van der Waals surface area (Å²) in [5.41, 5.74) is 0.0198.